The third kappa shape index (κ3) is 6.53. The van der Waals surface area contributed by atoms with Crippen molar-refractivity contribution in [1.29, 1.82) is 0 Å². The van der Waals surface area contributed by atoms with Crippen molar-refractivity contribution in [3.63, 3.8) is 0 Å². The summed E-state index contributed by atoms with van der Waals surface area (Å²) in [6.07, 6.45) is 0. The number of hydrogen-bond acceptors (Lipinski definition) is 3. The summed E-state index contributed by atoms with van der Waals surface area (Å²) in [7, 11) is 0. The van der Waals surface area contributed by atoms with Crippen molar-refractivity contribution in [2.45, 2.75) is 11.8 Å². The van der Waals surface area contributed by atoms with Crippen LogP contribution in [-0.2, 0) is 4.79 Å². The van der Waals surface area contributed by atoms with Crippen LogP contribution in [0.3, 0.4) is 0 Å². The van der Waals surface area contributed by atoms with Crippen molar-refractivity contribution in [3.8, 4) is 0 Å². The molecule has 0 fully saturated rings. The minimum atomic E-state index is -0.178. The average molecular weight is 445 g/mol. The Morgan fingerprint density at radius 3 is 2.31 bits per heavy atom. The summed E-state index contributed by atoms with van der Waals surface area (Å²) < 4.78 is 0. The number of rotatable bonds is 6. The van der Waals surface area contributed by atoms with Crippen LogP contribution >= 0.6 is 35.0 Å². The second-order valence-corrected chi connectivity index (χ2v) is 8.27. The zero-order valence-corrected chi connectivity index (χ0v) is 17.9. The predicted octanol–water partition coefficient (Wildman–Crippen LogP) is 6.28. The molecule has 148 valence electrons. The molecule has 3 aromatic rings. The summed E-state index contributed by atoms with van der Waals surface area (Å²) in [6, 6.07) is 19.6. The molecule has 0 aromatic heterocycles. The van der Waals surface area contributed by atoms with Gasteiger partial charge in [-0.05, 0) is 55.5 Å². The van der Waals surface area contributed by atoms with Gasteiger partial charge in [0.25, 0.3) is 5.91 Å². The smallest absolute Gasteiger partial charge is 0.255 e. The van der Waals surface area contributed by atoms with E-state index in [1.807, 2.05) is 49.4 Å². The predicted molar refractivity (Wildman–Crippen MR) is 121 cm³/mol. The van der Waals surface area contributed by atoms with Gasteiger partial charge in [-0.15, -0.1) is 11.8 Å². The number of nitrogens with one attached hydrogen (secondary N) is 2. The van der Waals surface area contributed by atoms with E-state index in [0.717, 1.165) is 10.5 Å². The Kier molecular flexibility index (Phi) is 7.20. The maximum Gasteiger partial charge on any atom is 0.255 e. The van der Waals surface area contributed by atoms with Crippen LogP contribution in [0.25, 0.3) is 0 Å². The van der Waals surface area contributed by atoms with E-state index >= 15 is 0 Å². The van der Waals surface area contributed by atoms with Gasteiger partial charge in [0.2, 0.25) is 5.91 Å². The van der Waals surface area contributed by atoms with E-state index in [1.165, 1.54) is 11.8 Å². The van der Waals surface area contributed by atoms with Crippen molar-refractivity contribution < 1.29 is 9.59 Å². The Labute approximate surface area is 183 Å². The van der Waals surface area contributed by atoms with E-state index in [9.17, 15) is 9.59 Å². The lowest BCUT2D eigenvalue weighted by molar-refractivity contribution is -0.113. The molecule has 0 saturated carbocycles. The summed E-state index contributed by atoms with van der Waals surface area (Å²) in [5, 5.41) is 6.56. The van der Waals surface area contributed by atoms with Gasteiger partial charge in [-0.1, -0.05) is 47.0 Å². The molecule has 0 atom stereocenters. The van der Waals surface area contributed by atoms with Crippen LogP contribution in [0.2, 0.25) is 10.0 Å². The molecule has 0 unspecified atom stereocenters. The second-order valence-electron chi connectivity index (χ2n) is 6.35. The Bertz CT molecular complexity index is 1040. The molecule has 0 aliphatic rings. The monoisotopic (exact) mass is 444 g/mol. The van der Waals surface area contributed by atoms with E-state index in [-0.39, 0.29) is 17.6 Å². The number of anilines is 2. The highest BCUT2D eigenvalue weighted by Gasteiger charge is 2.08. The Morgan fingerprint density at radius 1 is 0.862 bits per heavy atom. The van der Waals surface area contributed by atoms with Gasteiger partial charge >= 0.3 is 0 Å². The minimum absolute atomic E-state index is 0.175. The van der Waals surface area contributed by atoms with Crippen molar-refractivity contribution >= 4 is 58.2 Å². The molecule has 0 heterocycles. The molecule has 29 heavy (non-hydrogen) atoms. The van der Waals surface area contributed by atoms with Gasteiger partial charge in [0.15, 0.2) is 0 Å². The first kappa shape index (κ1) is 21.2. The minimum Gasteiger partial charge on any atom is -0.325 e. The molecule has 7 heteroatoms. The van der Waals surface area contributed by atoms with Crippen LogP contribution in [0.4, 0.5) is 11.4 Å². The van der Waals surface area contributed by atoms with Gasteiger partial charge < -0.3 is 10.6 Å². The molecule has 0 saturated heterocycles. The van der Waals surface area contributed by atoms with Gasteiger partial charge in [-0.25, -0.2) is 0 Å². The van der Waals surface area contributed by atoms with Crippen LogP contribution in [0.1, 0.15) is 15.9 Å². The van der Waals surface area contributed by atoms with Crippen molar-refractivity contribution in [2.24, 2.45) is 0 Å². The number of aryl methyl sites for hydroxylation is 1. The average Bonchev–Trinajstić information content (AvgIpc) is 2.66. The second kappa shape index (κ2) is 9.83. The van der Waals surface area contributed by atoms with Crippen molar-refractivity contribution in [1.82, 2.24) is 0 Å². The lowest BCUT2D eigenvalue weighted by Gasteiger charge is -2.09. The molecular weight excluding hydrogens is 427 g/mol. The molecule has 3 aromatic carbocycles. The fraction of sp³-hybridized carbons (Fsp3) is 0.0909. The zero-order chi connectivity index (χ0) is 20.8. The highest BCUT2D eigenvalue weighted by Crippen LogP contribution is 2.24. The molecule has 0 spiro atoms. The molecule has 3 rings (SSSR count). The third-order valence-corrected chi connectivity index (χ3v) is 5.32. The maximum absolute atomic E-state index is 12.4. The van der Waals surface area contributed by atoms with Crippen LogP contribution in [0.5, 0.6) is 0 Å². The third-order valence-electron chi connectivity index (χ3n) is 3.89. The quantitative estimate of drug-likeness (QED) is 0.439. The summed E-state index contributed by atoms with van der Waals surface area (Å²) in [5.74, 6) is -0.145. The molecule has 0 bridgehead atoms. The SMILES string of the molecule is Cc1cccc(C(=O)Nc2cccc(SCC(=O)Nc3cc(Cl)cc(Cl)c3)c2)c1. The molecule has 0 radical (unpaired) electrons. The van der Waals surface area contributed by atoms with Crippen LogP contribution in [0, 0.1) is 6.92 Å². The zero-order valence-electron chi connectivity index (χ0n) is 15.5. The summed E-state index contributed by atoms with van der Waals surface area (Å²) in [6.45, 7) is 1.94. The first-order valence-electron chi connectivity index (χ1n) is 8.76. The first-order chi connectivity index (χ1) is 13.9. The fourth-order valence-electron chi connectivity index (χ4n) is 2.63. The number of thioether (sulfide) groups is 1. The van der Waals surface area contributed by atoms with E-state index in [4.69, 9.17) is 23.2 Å². The molecule has 0 aliphatic heterocycles. The molecular formula is C22H18Cl2N2O2S. The largest absolute Gasteiger partial charge is 0.325 e. The summed E-state index contributed by atoms with van der Waals surface area (Å²) >= 11 is 13.3. The van der Waals surface area contributed by atoms with E-state index in [0.29, 0.717) is 27.0 Å². The topological polar surface area (TPSA) is 58.2 Å². The summed E-state index contributed by atoms with van der Waals surface area (Å²) in [5.41, 5.74) is 2.84. The molecule has 4 nitrogen and oxygen atoms in total. The fourth-order valence-corrected chi connectivity index (χ4v) is 3.91. The van der Waals surface area contributed by atoms with Gasteiger partial charge in [-0.2, -0.15) is 0 Å². The van der Waals surface area contributed by atoms with E-state index in [2.05, 4.69) is 10.6 Å². The van der Waals surface area contributed by atoms with Crippen molar-refractivity contribution in [3.05, 3.63) is 87.9 Å². The number of carbonyl (C=O) groups is 2. The molecule has 0 aliphatic carbocycles. The van der Waals surface area contributed by atoms with Crippen LogP contribution in [-0.4, -0.2) is 17.6 Å². The normalized spacial score (nSPS) is 10.4. The number of amides is 2. The Morgan fingerprint density at radius 2 is 1.59 bits per heavy atom. The van der Waals surface area contributed by atoms with Gasteiger partial charge in [-0.3, -0.25) is 9.59 Å². The van der Waals surface area contributed by atoms with E-state index < -0.39 is 0 Å². The van der Waals surface area contributed by atoms with Crippen LogP contribution < -0.4 is 10.6 Å². The Hall–Kier alpha value is -2.47. The highest BCUT2D eigenvalue weighted by atomic mass is 35.5. The molecule has 2 N–H and O–H groups in total. The lowest BCUT2D eigenvalue weighted by Crippen LogP contribution is -2.14. The molecule has 2 amide bonds. The van der Waals surface area contributed by atoms with Gasteiger partial charge in [0.05, 0.1) is 5.75 Å². The number of halogens is 2. The number of carbonyl (C=O) groups excluding carboxylic acids is 2. The maximum atomic E-state index is 12.4. The van der Waals surface area contributed by atoms with E-state index in [1.54, 1.807) is 24.3 Å². The number of hydrogen-bond donors (Lipinski definition) is 2. The standard InChI is InChI=1S/C22H18Cl2N2O2S/c1-14-4-2-5-15(8-14)22(28)26-18-6-3-7-20(12-18)29-13-21(27)25-19-10-16(23)9-17(24)11-19/h2-12H,13H2,1H3,(H,25,27)(H,26,28). The highest BCUT2D eigenvalue weighted by molar-refractivity contribution is 8.00. The van der Waals surface area contributed by atoms with Crippen molar-refractivity contribution in [2.75, 3.05) is 16.4 Å². The first-order valence-corrected chi connectivity index (χ1v) is 10.5. The van der Waals surface area contributed by atoms with Crippen LogP contribution in [0.15, 0.2) is 71.6 Å². The summed E-state index contributed by atoms with van der Waals surface area (Å²) in [4.78, 5) is 25.5. The number of benzene rings is 3. The lowest BCUT2D eigenvalue weighted by atomic mass is 10.1. The Balaban J connectivity index is 1.58. The van der Waals surface area contributed by atoms with Gasteiger partial charge in [0, 0.05) is 31.9 Å². The van der Waals surface area contributed by atoms with Gasteiger partial charge in [0.1, 0.15) is 0 Å².